The minimum absolute atomic E-state index is 0.254. The molecular weight excluding hydrogens is 310 g/mol. The van der Waals surface area contributed by atoms with Gasteiger partial charge in [0.1, 0.15) is 6.04 Å². The van der Waals surface area contributed by atoms with Crippen molar-refractivity contribution in [2.24, 2.45) is 5.73 Å². The van der Waals surface area contributed by atoms with E-state index < -0.39 is 6.04 Å². The summed E-state index contributed by atoms with van der Waals surface area (Å²) in [5.41, 5.74) is 5.61. The zero-order chi connectivity index (χ0) is 18.6. The molecule has 0 rings (SSSR count). The van der Waals surface area contributed by atoms with Crippen LogP contribution >= 0.6 is 0 Å². The second kappa shape index (κ2) is 19.5. The number of unbranched alkanes of at least 4 members (excludes halogenated alkanes) is 12. The lowest BCUT2D eigenvalue weighted by Gasteiger charge is -2.08. The van der Waals surface area contributed by atoms with Crippen LogP contribution in [0.15, 0.2) is 12.2 Å². The van der Waals surface area contributed by atoms with Crippen molar-refractivity contribution in [3.63, 3.8) is 0 Å². The maximum absolute atomic E-state index is 11.4. The van der Waals surface area contributed by atoms with Crippen molar-refractivity contribution in [3.05, 3.63) is 12.2 Å². The first-order valence-corrected chi connectivity index (χ1v) is 10.8. The third-order valence-electron chi connectivity index (χ3n) is 4.64. The van der Waals surface area contributed by atoms with Crippen LogP contribution in [-0.2, 0) is 9.53 Å². The van der Waals surface area contributed by atoms with Crippen molar-refractivity contribution < 1.29 is 9.53 Å². The molecule has 0 aliphatic heterocycles. The molecule has 0 aromatic heterocycles. The van der Waals surface area contributed by atoms with E-state index in [9.17, 15) is 4.79 Å². The summed E-state index contributed by atoms with van der Waals surface area (Å²) in [6.45, 7) is 4.69. The smallest absolute Gasteiger partial charge is 0.322 e. The maximum Gasteiger partial charge on any atom is 0.322 e. The molecule has 0 aliphatic carbocycles. The van der Waals surface area contributed by atoms with Gasteiger partial charge in [0.25, 0.3) is 0 Å². The fourth-order valence-corrected chi connectivity index (χ4v) is 2.80. The number of hydrogen-bond acceptors (Lipinski definition) is 3. The SMILES string of the molecule is CCCCCCCCC=CCCCCCCCCOC(=O)C(N)CC. The van der Waals surface area contributed by atoms with Gasteiger partial charge in [0.05, 0.1) is 6.61 Å². The van der Waals surface area contributed by atoms with Crippen molar-refractivity contribution in [2.75, 3.05) is 6.61 Å². The highest BCUT2D eigenvalue weighted by atomic mass is 16.5. The molecule has 0 bridgehead atoms. The molecule has 0 aliphatic rings. The highest BCUT2D eigenvalue weighted by Crippen LogP contribution is 2.10. The van der Waals surface area contributed by atoms with E-state index in [4.69, 9.17) is 10.5 Å². The number of allylic oxidation sites excluding steroid dienone is 2. The number of hydrogen-bond donors (Lipinski definition) is 1. The molecule has 0 saturated carbocycles. The molecular formula is C22H43NO2. The van der Waals surface area contributed by atoms with Gasteiger partial charge >= 0.3 is 5.97 Å². The van der Waals surface area contributed by atoms with Crippen LogP contribution < -0.4 is 5.73 Å². The van der Waals surface area contributed by atoms with Gasteiger partial charge in [0, 0.05) is 0 Å². The fraction of sp³-hybridized carbons (Fsp3) is 0.864. The summed E-state index contributed by atoms with van der Waals surface area (Å²) >= 11 is 0. The summed E-state index contributed by atoms with van der Waals surface area (Å²) in [5, 5.41) is 0. The van der Waals surface area contributed by atoms with E-state index in [1.165, 1.54) is 77.0 Å². The van der Waals surface area contributed by atoms with Crippen LogP contribution in [0.4, 0.5) is 0 Å². The van der Waals surface area contributed by atoms with Crippen molar-refractivity contribution in [1.82, 2.24) is 0 Å². The largest absolute Gasteiger partial charge is 0.465 e. The van der Waals surface area contributed by atoms with Gasteiger partial charge in [-0.3, -0.25) is 4.79 Å². The van der Waals surface area contributed by atoms with Crippen LogP contribution in [0, 0.1) is 0 Å². The summed E-state index contributed by atoms with van der Waals surface area (Å²) in [6.07, 6.45) is 23.4. The zero-order valence-electron chi connectivity index (χ0n) is 16.9. The standard InChI is InChI=1S/C22H43NO2/c1-3-5-6-7-8-9-10-11-12-13-14-15-16-17-18-19-20-25-22(24)21(23)4-2/h11-12,21H,3-10,13-20,23H2,1-2H3. The minimum Gasteiger partial charge on any atom is -0.465 e. The van der Waals surface area contributed by atoms with Crippen molar-refractivity contribution in [1.29, 1.82) is 0 Å². The third-order valence-corrected chi connectivity index (χ3v) is 4.64. The molecule has 3 heteroatoms. The predicted octanol–water partition coefficient (Wildman–Crippen LogP) is 6.30. The van der Waals surface area contributed by atoms with Crippen LogP contribution in [-0.4, -0.2) is 18.6 Å². The normalized spacial score (nSPS) is 12.6. The molecule has 0 saturated heterocycles. The molecule has 0 heterocycles. The lowest BCUT2D eigenvalue weighted by molar-refractivity contribution is -0.145. The van der Waals surface area contributed by atoms with E-state index in [0.29, 0.717) is 13.0 Å². The Hall–Kier alpha value is -0.830. The third kappa shape index (κ3) is 17.8. The second-order valence-corrected chi connectivity index (χ2v) is 7.12. The van der Waals surface area contributed by atoms with Gasteiger partial charge in [0.15, 0.2) is 0 Å². The molecule has 0 amide bonds. The van der Waals surface area contributed by atoms with Gasteiger partial charge in [-0.1, -0.05) is 83.8 Å². The average molecular weight is 354 g/mol. The molecule has 0 spiro atoms. The van der Waals surface area contributed by atoms with Crippen LogP contribution in [0.1, 0.15) is 110 Å². The van der Waals surface area contributed by atoms with E-state index in [-0.39, 0.29) is 5.97 Å². The van der Waals surface area contributed by atoms with Crippen molar-refractivity contribution in [3.8, 4) is 0 Å². The van der Waals surface area contributed by atoms with E-state index >= 15 is 0 Å². The molecule has 0 aromatic rings. The average Bonchev–Trinajstić information content (AvgIpc) is 2.63. The zero-order valence-corrected chi connectivity index (χ0v) is 16.9. The van der Waals surface area contributed by atoms with Crippen LogP contribution in [0.25, 0.3) is 0 Å². The van der Waals surface area contributed by atoms with E-state index in [0.717, 1.165) is 12.8 Å². The first kappa shape index (κ1) is 24.2. The minimum atomic E-state index is -0.450. The lowest BCUT2D eigenvalue weighted by atomic mass is 10.1. The molecule has 1 atom stereocenters. The van der Waals surface area contributed by atoms with Crippen LogP contribution in [0.2, 0.25) is 0 Å². The molecule has 2 N–H and O–H groups in total. The lowest BCUT2D eigenvalue weighted by Crippen LogP contribution is -2.31. The Morgan fingerprint density at radius 2 is 1.28 bits per heavy atom. The Bertz CT molecular complexity index is 315. The highest BCUT2D eigenvalue weighted by Gasteiger charge is 2.11. The van der Waals surface area contributed by atoms with Crippen LogP contribution in [0.5, 0.6) is 0 Å². The first-order chi connectivity index (χ1) is 12.2. The van der Waals surface area contributed by atoms with Crippen LogP contribution in [0.3, 0.4) is 0 Å². The molecule has 0 aromatic carbocycles. The van der Waals surface area contributed by atoms with Crippen molar-refractivity contribution in [2.45, 2.75) is 116 Å². The molecule has 0 radical (unpaired) electrons. The van der Waals surface area contributed by atoms with Gasteiger partial charge < -0.3 is 10.5 Å². The summed E-state index contributed by atoms with van der Waals surface area (Å²) < 4.78 is 5.14. The van der Waals surface area contributed by atoms with Gasteiger partial charge in [-0.25, -0.2) is 0 Å². The van der Waals surface area contributed by atoms with Gasteiger partial charge in [-0.15, -0.1) is 0 Å². The molecule has 1 unspecified atom stereocenters. The fourth-order valence-electron chi connectivity index (χ4n) is 2.80. The molecule has 3 nitrogen and oxygen atoms in total. The quantitative estimate of drug-likeness (QED) is 0.179. The predicted molar refractivity (Wildman–Crippen MR) is 109 cm³/mol. The number of carbonyl (C=O) groups is 1. The summed E-state index contributed by atoms with van der Waals surface area (Å²) in [6, 6.07) is -0.450. The summed E-state index contributed by atoms with van der Waals surface area (Å²) in [5.74, 6) is -0.254. The van der Waals surface area contributed by atoms with Gasteiger partial charge in [-0.2, -0.15) is 0 Å². The Morgan fingerprint density at radius 3 is 1.80 bits per heavy atom. The summed E-state index contributed by atoms with van der Waals surface area (Å²) in [7, 11) is 0. The van der Waals surface area contributed by atoms with E-state index in [1.807, 2.05) is 6.92 Å². The Morgan fingerprint density at radius 1 is 0.800 bits per heavy atom. The molecule has 0 fully saturated rings. The number of ether oxygens (including phenoxy) is 1. The highest BCUT2D eigenvalue weighted by molar-refractivity contribution is 5.75. The molecule has 148 valence electrons. The number of rotatable bonds is 18. The Kier molecular flexibility index (Phi) is 18.8. The Balaban J connectivity index is 3.18. The van der Waals surface area contributed by atoms with E-state index in [2.05, 4.69) is 19.1 Å². The van der Waals surface area contributed by atoms with Gasteiger partial charge in [0.2, 0.25) is 0 Å². The maximum atomic E-state index is 11.4. The van der Waals surface area contributed by atoms with Gasteiger partial charge in [-0.05, 0) is 38.5 Å². The number of nitrogens with two attached hydrogens (primary N) is 1. The Labute approximate surface area is 156 Å². The molecule has 25 heavy (non-hydrogen) atoms. The topological polar surface area (TPSA) is 52.3 Å². The first-order valence-electron chi connectivity index (χ1n) is 10.8. The number of carbonyl (C=O) groups excluding carboxylic acids is 1. The summed E-state index contributed by atoms with van der Waals surface area (Å²) in [4.78, 5) is 11.4. The van der Waals surface area contributed by atoms with E-state index in [1.54, 1.807) is 0 Å². The second-order valence-electron chi connectivity index (χ2n) is 7.12. The number of esters is 1. The monoisotopic (exact) mass is 353 g/mol. The van der Waals surface area contributed by atoms with Crippen molar-refractivity contribution >= 4 is 5.97 Å².